The van der Waals surface area contributed by atoms with Crippen molar-refractivity contribution in [1.29, 1.82) is 0 Å². The summed E-state index contributed by atoms with van der Waals surface area (Å²) in [6.07, 6.45) is 0. The molecule has 1 aliphatic rings. The van der Waals surface area contributed by atoms with Crippen molar-refractivity contribution < 1.29 is 23.9 Å². The molecule has 0 radical (unpaired) electrons. The summed E-state index contributed by atoms with van der Waals surface area (Å²) < 4.78 is 15.7. The Hall–Kier alpha value is -4.05. The van der Waals surface area contributed by atoms with Gasteiger partial charge >= 0.3 is 0 Å². The second-order valence-electron chi connectivity index (χ2n) is 7.60. The molecule has 9 nitrogen and oxygen atoms in total. The van der Waals surface area contributed by atoms with Gasteiger partial charge in [-0.3, -0.25) is 9.69 Å². The minimum absolute atomic E-state index is 0.136. The van der Waals surface area contributed by atoms with Gasteiger partial charge in [0.25, 0.3) is 5.91 Å². The van der Waals surface area contributed by atoms with Crippen molar-refractivity contribution in [2.24, 2.45) is 0 Å². The SMILES string of the molecule is COc1cc(C2NC(=S)N(c3ccccc3)C(C)=C2C(=O)Nc2cc(C)on2)cc(OC)c1O. The molecule has 1 aliphatic heterocycles. The van der Waals surface area contributed by atoms with Gasteiger partial charge in [-0.25, -0.2) is 0 Å². The average Bonchev–Trinajstić information content (AvgIpc) is 3.23. The molecule has 176 valence electrons. The van der Waals surface area contributed by atoms with E-state index in [-0.39, 0.29) is 17.2 Å². The fourth-order valence-corrected chi connectivity index (χ4v) is 4.22. The van der Waals surface area contributed by atoms with Gasteiger partial charge in [-0.05, 0) is 55.9 Å². The number of amides is 1. The number of phenolic OH excluding ortho intramolecular Hbond substituents is 1. The molecule has 10 heteroatoms. The molecule has 0 saturated carbocycles. The Balaban J connectivity index is 1.86. The molecule has 2 aromatic carbocycles. The maximum Gasteiger partial charge on any atom is 0.257 e. The smallest absolute Gasteiger partial charge is 0.257 e. The third kappa shape index (κ3) is 4.27. The van der Waals surface area contributed by atoms with E-state index in [1.165, 1.54) is 14.2 Å². The van der Waals surface area contributed by atoms with Crippen molar-refractivity contribution in [3.63, 3.8) is 0 Å². The zero-order valence-electron chi connectivity index (χ0n) is 19.1. The number of nitrogens with zero attached hydrogens (tertiary/aromatic N) is 2. The van der Waals surface area contributed by atoms with Crippen molar-refractivity contribution >= 4 is 34.7 Å². The zero-order valence-corrected chi connectivity index (χ0v) is 19.9. The molecule has 0 aliphatic carbocycles. The lowest BCUT2D eigenvalue weighted by atomic mass is 9.93. The predicted molar refractivity (Wildman–Crippen MR) is 131 cm³/mol. The van der Waals surface area contributed by atoms with Crippen LogP contribution in [0.15, 0.2) is 64.3 Å². The van der Waals surface area contributed by atoms with Crippen LogP contribution >= 0.6 is 12.2 Å². The van der Waals surface area contributed by atoms with Gasteiger partial charge in [-0.15, -0.1) is 0 Å². The monoisotopic (exact) mass is 480 g/mol. The van der Waals surface area contributed by atoms with Crippen LogP contribution in [0.2, 0.25) is 0 Å². The second kappa shape index (κ2) is 9.44. The fourth-order valence-electron chi connectivity index (χ4n) is 3.86. The number of aromatic hydroxyl groups is 1. The first-order valence-electron chi connectivity index (χ1n) is 10.4. The lowest BCUT2D eigenvalue weighted by Gasteiger charge is -2.38. The number of rotatable bonds is 6. The van der Waals surface area contributed by atoms with Crippen LogP contribution < -0.4 is 25.0 Å². The first-order valence-corrected chi connectivity index (χ1v) is 10.8. The van der Waals surface area contributed by atoms with E-state index in [0.717, 1.165) is 5.69 Å². The molecule has 4 rings (SSSR count). The number of para-hydroxylation sites is 1. The van der Waals surface area contributed by atoms with Crippen LogP contribution in [-0.2, 0) is 4.79 Å². The third-order valence-corrected chi connectivity index (χ3v) is 5.75. The first-order chi connectivity index (χ1) is 16.3. The highest BCUT2D eigenvalue weighted by Crippen LogP contribution is 2.42. The number of anilines is 2. The van der Waals surface area contributed by atoms with Gasteiger partial charge in [0.05, 0.1) is 25.8 Å². The van der Waals surface area contributed by atoms with Gasteiger partial charge in [0.1, 0.15) is 5.76 Å². The molecule has 3 aromatic rings. The number of aryl methyl sites for hydroxylation is 1. The van der Waals surface area contributed by atoms with E-state index in [1.54, 1.807) is 30.0 Å². The van der Waals surface area contributed by atoms with E-state index in [0.29, 0.717) is 33.5 Å². The summed E-state index contributed by atoms with van der Waals surface area (Å²) in [7, 11) is 2.88. The Morgan fingerprint density at radius 1 is 1.15 bits per heavy atom. The molecular weight excluding hydrogens is 456 g/mol. The summed E-state index contributed by atoms with van der Waals surface area (Å²) >= 11 is 5.69. The van der Waals surface area contributed by atoms with Crippen molar-refractivity contribution in [3.8, 4) is 17.2 Å². The Morgan fingerprint density at radius 2 is 1.79 bits per heavy atom. The van der Waals surface area contributed by atoms with Crippen LogP contribution in [-0.4, -0.2) is 35.5 Å². The van der Waals surface area contributed by atoms with Crippen molar-refractivity contribution in [2.45, 2.75) is 19.9 Å². The Bertz CT molecular complexity index is 1250. The van der Waals surface area contributed by atoms with Gasteiger partial charge in [0.2, 0.25) is 5.75 Å². The van der Waals surface area contributed by atoms with Crippen molar-refractivity contribution in [3.05, 3.63) is 71.1 Å². The molecule has 1 amide bonds. The molecule has 2 heterocycles. The van der Waals surface area contributed by atoms with Crippen LogP contribution in [0.5, 0.6) is 17.2 Å². The molecule has 1 atom stereocenters. The zero-order chi connectivity index (χ0) is 24.4. The average molecular weight is 481 g/mol. The number of nitrogens with one attached hydrogen (secondary N) is 2. The minimum Gasteiger partial charge on any atom is -0.502 e. The first kappa shape index (κ1) is 23.1. The van der Waals surface area contributed by atoms with E-state index in [1.807, 2.05) is 37.3 Å². The molecular formula is C24H24N4O5S. The maximum atomic E-state index is 13.6. The summed E-state index contributed by atoms with van der Waals surface area (Å²) in [6.45, 7) is 3.56. The predicted octanol–water partition coefficient (Wildman–Crippen LogP) is 4.05. The van der Waals surface area contributed by atoms with E-state index in [4.69, 9.17) is 26.2 Å². The number of ether oxygens (including phenoxy) is 2. The van der Waals surface area contributed by atoms with Crippen molar-refractivity contribution in [1.82, 2.24) is 10.5 Å². The maximum absolute atomic E-state index is 13.6. The van der Waals surface area contributed by atoms with Gasteiger partial charge < -0.3 is 29.7 Å². The van der Waals surface area contributed by atoms with Gasteiger partial charge in [-0.1, -0.05) is 23.4 Å². The number of carbonyl (C=O) groups is 1. The number of thiocarbonyl (C=S) groups is 1. The normalized spacial score (nSPS) is 15.7. The summed E-state index contributed by atoms with van der Waals surface area (Å²) in [5.74, 6) is 0.746. The van der Waals surface area contributed by atoms with Crippen LogP contribution in [0.25, 0.3) is 0 Å². The van der Waals surface area contributed by atoms with Crippen LogP contribution in [0, 0.1) is 6.92 Å². The number of benzene rings is 2. The molecule has 0 bridgehead atoms. The number of phenols is 1. The number of hydrogen-bond acceptors (Lipinski definition) is 7. The van der Waals surface area contributed by atoms with Gasteiger partial charge in [-0.2, -0.15) is 0 Å². The van der Waals surface area contributed by atoms with Crippen LogP contribution in [0.3, 0.4) is 0 Å². The van der Waals surface area contributed by atoms with Gasteiger partial charge in [0, 0.05) is 17.5 Å². The molecule has 0 saturated heterocycles. The van der Waals surface area contributed by atoms with Crippen molar-refractivity contribution in [2.75, 3.05) is 24.4 Å². The molecule has 1 aromatic heterocycles. The quantitative estimate of drug-likeness (QED) is 0.450. The fraction of sp³-hybridized carbons (Fsp3) is 0.208. The van der Waals surface area contributed by atoms with E-state index in [9.17, 15) is 9.90 Å². The minimum atomic E-state index is -0.663. The highest BCUT2D eigenvalue weighted by atomic mass is 32.1. The topological polar surface area (TPSA) is 109 Å². The standard InChI is InChI=1S/C24H24N4O5S/c1-13-10-19(27-33-13)25-23(30)20-14(2)28(16-8-6-5-7-9-16)24(34)26-21(20)15-11-17(31-3)22(29)18(12-15)32-4/h5-12,21,29H,1-4H3,(H,26,34)(H,25,27,30). The molecule has 0 fully saturated rings. The number of methoxy groups -OCH3 is 2. The number of allylic oxidation sites excluding steroid dienone is 1. The lowest BCUT2D eigenvalue weighted by molar-refractivity contribution is -0.113. The summed E-state index contributed by atoms with van der Waals surface area (Å²) in [5.41, 5.74) is 2.44. The van der Waals surface area contributed by atoms with E-state index < -0.39 is 11.9 Å². The second-order valence-corrected chi connectivity index (χ2v) is 7.99. The summed E-state index contributed by atoms with van der Waals surface area (Å²) in [4.78, 5) is 15.4. The summed E-state index contributed by atoms with van der Waals surface area (Å²) in [5, 5.41) is 20.7. The molecule has 0 spiro atoms. The van der Waals surface area contributed by atoms with Gasteiger partial charge in [0.15, 0.2) is 22.4 Å². The largest absolute Gasteiger partial charge is 0.502 e. The van der Waals surface area contributed by atoms with E-state index >= 15 is 0 Å². The molecule has 34 heavy (non-hydrogen) atoms. The molecule has 1 unspecified atom stereocenters. The number of carbonyl (C=O) groups excluding carboxylic acids is 1. The van der Waals surface area contributed by atoms with Crippen LogP contribution in [0.1, 0.15) is 24.3 Å². The Kier molecular flexibility index (Phi) is 6.42. The highest BCUT2D eigenvalue weighted by Gasteiger charge is 2.36. The Morgan fingerprint density at radius 3 is 2.35 bits per heavy atom. The van der Waals surface area contributed by atoms with Crippen LogP contribution in [0.4, 0.5) is 11.5 Å². The third-order valence-electron chi connectivity index (χ3n) is 5.45. The highest BCUT2D eigenvalue weighted by molar-refractivity contribution is 7.80. The number of aromatic nitrogens is 1. The lowest BCUT2D eigenvalue weighted by Crippen LogP contribution is -2.48. The van der Waals surface area contributed by atoms with E-state index in [2.05, 4.69) is 15.8 Å². The summed E-state index contributed by atoms with van der Waals surface area (Å²) in [6, 6.07) is 13.7. The number of hydrogen-bond donors (Lipinski definition) is 3. The Labute approximate surface area is 202 Å². The molecule has 3 N–H and O–H groups in total.